The minimum atomic E-state index is -4.91. The normalized spacial score (nSPS) is 15.5. The second-order valence-electron chi connectivity index (χ2n) is 7.08. The van der Waals surface area contributed by atoms with Crippen LogP contribution in [0.25, 0.3) is 5.69 Å². The Balaban J connectivity index is 1.52. The van der Waals surface area contributed by atoms with Gasteiger partial charge in [0.1, 0.15) is 11.6 Å². The Labute approximate surface area is 173 Å². The maximum absolute atomic E-state index is 13.8. The first-order valence-corrected chi connectivity index (χ1v) is 9.40. The van der Waals surface area contributed by atoms with Crippen molar-refractivity contribution in [3.05, 3.63) is 53.1 Å². The standard InChI is InChI=1S/C18H18F4N8O/c1-11-23-14(25-24-11)10-28-5-7-29(8-6-28)17(31)15-16(18(20,21)22)30(27-26-15)13-4-2-3-12(19)9-13/h2-4,9H,5-8,10H2,1H3,(H,23,24,25). The van der Waals surface area contributed by atoms with Gasteiger partial charge in [-0.3, -0.25) is 14.8 Å². The molecule has 3 heterocycles. The fourth-order valence-corrected chi connectivity index (χ4v) is 3.39. The Morgan fingerprint density at radius 1 is 1.19 bits per heavy atom. The lowest BCUT2D eigenvalue weighted by Crippen LogP contribution is -2.48. The molecule has 0 unspecified atom stereocenters. The van der Waals surface area contributed by atoms with Gasteiger partial charge in [0.2, 0.25) is 0 Å². The molecular formula is C18H18F4N8O. The number of aromatic amines is 1. The second-order valence-corrected chi connectivity index (χ2v) is 7.08. The summed E-state index contributed by atoms with van der Waals surface area (Å²) in [5.41, 5.74) is -2.32. The third-order valence-corrected chi connectivity index (χ3v) is 4.86. The molecule has 1 aliphatic rings. The van der Waals surface area contributed by atoms with Crippen LogP contribution in [-0.2, 0) is 12.7 Å². The third-order valence-electron chi connectivity index (χ3n) is 4.86. The lowest BCUT2D eigenvalue weighted by atomic mass is 10.2. The zero-order valence-electron chi connectivity index (χ0n) is 16.4. The third kappa shape index (κ3) is 4.40. The molecule has 1 aromatic carbocycles. The molecule has 0 atom stereocenters. The molecule has 0 radical (unpaired) electrons. The number of hydrogen-bond acceptors (Lipinski definition) is 6. The van der Waals surface area contributed by atoms with E-state index in [1.54, 1.807) is 6.92 Å². The molecule has 4 rings (SSSR count). The molecule has 164 valence electrons. The average Bonchev–Trinajstić information content (AvgIpc) is 3.34. The largest absolute Gasteiger partial charge is 0.435 e. The van der Waals surface area contributed by atoms with E-state index >= 15 is 0 Å². The van der Waals surface area contributed by atoms with Crippen molar-refractivity contribution in [1.29, 1.82) is 0 Å². The summed E-state index contributed by atoms with van der Waals surface area (Å²) in [5, 5.41) is 13.8. The number of carbonyl (C=O) groups excluding carboxylic acids is 1. The number of piperazine rings is 1. The number of aryl methyl sites for hydroxylation is 1. The summed E-state index contributed by atoms with van der Waals surface area (Å²) in [6, 6.07) is 4.49. The van der Waals surface area contributed by atoms with Gasteiger partial charge in [0.15, 0.2) is 17.2 Å². The molecule has 2 aromatic heterocycles. The summed E-state index contributed by atoms with van der Waals surface area (Å²) in [5.74, 6) is -0.311. The van der Waals surface area contributed by atoms with E-state index in [-0.39, 0.29) is 18.8 Å². The predicted molar refractivity (Wildman–Crippen MR) is 98.6 cm³/mol. The van der Waals surface area contributed by atoms with Gasteiger partial charge in [-0.05, 0) is 25.1 Å². The summed E-state index contributed by atoms with van der Waals surface area (Å²) in [6.07, 6.45) is -4.91. The predicted octanol–water partition coefficient (Wildman–Crippen LogP) is 1.81. The summed E-state index contributed by atoms with van der Waals surface area (Å²) in [4.78, 5) is 20.4. The van der Waals surface area contributed by atoms with Crippen molar-refractivity contribution in [3.8, 4) is 5.69 Å². The highest BCUT2D eigenvalue weighted by atomic mass is 19.4. The number of aromatic nitrogens is 6. The van der Waals surface area contributed by atoms with Crippen LogP contribution in [0.5, 0.6) is 0 Å². The number of H-pyrrole nitrogens is 1. The maximum Gasteiger partial charge on any atom is 0.435 e. The van der Waals surface area contributed by atoms with Gasteiger partial charge >= 0.3 is 6.18 Å². The van der Waals surface area contributed by atoms with Gasteiger partial charge in [-0.1, -0.05) is 11.3 Å². The fourth-order valence-electron chi connectivity index (χ4n) is 3.39. The van der Waals surface area contributed by atoms with E-state index < -0.39 is 29.3 Å². The van der Waals surface area contributed by atoms with E-state index in [0.29, 0.717) is 36.0 Å². The molecule has 0 spiro atoms. The average molecular weight is 438 g/mol. The van der Waals surface area contributed by atoms with E-state index in [1.807, 2.05) is 4.90 Å². The molecule has 1 fully saturated rings. The van der Waals surface area contributed by atoms with E-state index in [4.69, 9.17) is 0 Å². The smallest absolute Gasteiger partial charge is 0.335 e. The minimum absolute atomic E-state index is 0.175. The van der Waals surface area contributed by atoms with E-state index in [0.717, 1.165) is 12.1 Å². The lowest BCUT2D eigenvalue weighted by molar-refractivity contribution is -0.143. The van der Waals surface area contributed by atoms with Crippen molar-refractivity contribution in [2.75, 3.05) is 26.2 Å². The highest BCUT2D eigenvalue weighted by Gasteiger charge is 2.43. The molecule has 1 aliphatic heterocycles. The van der Waals surface area contributed by atoms with Gasteiger partial charge in [-0.25, -0.2) is 14.1 Å². The van der Waals surface area contributed by atoms with Crippen LogP contribution >= 0.6 is 0 Å². The quantitative estimate of drug-likeness (QED) is 0.625. The molecule has 0 aliphatic carbocycles. The van der Waals surface area contributed by atoms with Crippen LogP contribution in [0.15, 0.2) is 24.3 Å². The molecule has 31 heavy (non-hydrogen) atoms. The Morgan fingerprint density at radius 2 is 1.94 bits per heavy atom. The molecule has 1 N–H and O–H groups in total. The van der Waals surface area contributed by atoms with E-state index in [1.165, 1.54) is 17.0 Å². The molecule has 1 amide bonds. The zero-order valence-corrected chi connectivity index (χ0v) is 16.4. The van der Waals surface area contributed by atoms with Crippen molar-refractivity contribution in [3.63, 3.8) is 0 Å². The molecule has 0 saturated carbocycles. The fraction of sp³-hybridized carbons (Fsp3) is 0.389. The number of nitrogens with one attached hydrogen (secondary N) is 1. The Morgan fingerprint density at radius 3 is 2.55 bits per heavy atom. The minimum Gasteiger partial charge on any atom is -0.335 e. The molecular weight excluding hydrogens is 420 g/mol. The van der Waals surface area contributed by atoms with Crippen molar-refractivity contribution in [1.82, 2.24) is 40.0 Å². The van der Waals surface area contributed by atoms with Gasteiger partial charge in [0.05, 0.1) is 12.2 Å². The van der Waals surface area contributed by atoms with Crippen molar-refractivity contribution in [2.45, 2.75) is 19.6 Å². The first-order valence-electron chi connectivity index (χ1n) is 9.40. The Hall–Kier alpha value is -3.35. The highest BCUT2D eigenvalue weighted by molar-refractivity contribution is 5.93. The Bertz CT molecular complexity index is 1080. The van der Waals surface area contributed by atoms with Crippen LogP contribution in [0.4, 0.5) is 17.6 Å². The van der Waals surface area contributed by atoms with Gasteiger partial charge in [0.25, 0.3) is 5.91 Å². The summed E-state index contributed by atoms with van der Waals surface area (Å²) >= 11 is 0. The van der Waals surface area contributed by atoms with Crippen molar-refractivity contribution < 1.29 is 22.4 Å². The number of halogens is 4. The SMILES string of the molecule is Cc1nc(CN2CCN(C(=O)c3nnn(-c4cccc(F)c4)c3C(F)(F)F)CC2)n[nH]1. The highest BCUT2D eigenvalue weighted by Crippen LogP contribution is 2.33. The van der Waals surface area contributed by atoms with Gasteiger partial charge < -0.3 is 4.90 Å². The molecule has 3 aromatic rings. The lowest BCUT2D eigenvalue weighted by Gasteiger charge is -2.33. The first-order chi connectivity index (χ1) is 14.7. The Kier molecular flexibility index (Phi) is 5.43. The summed E-state index contributed by atoms with van der Waals surface area (Å²) < 4.78 is 55.3. The number of nitrogens with zero attached hydrogens (tertiary/aromatic N) is 7. The molecule has 1 saturated heterocycles. The van der Waals surface area contributed by atoms with Crippen molar-refractivity contribution in [2.24, 2.45) is 0 Å². The van der Waals surface area contributed by atoms with Gasteiger partial charge in [-0.2, -0.15) is 18.3 Å². The zero-order chi connectivity index (χ0) is 22.2. The molecule has 13 heteroatoms. The first kappa shape index (κ1) is 20.9. The molecule has 9 nitrogen and oxygen atoms in total. The number of amides is 1. The monoisotopic (exact) mass is 438 g/mol. The molecule has 0 bridgehead atoms. The van der Waals surface area contributed by atoms with Crippen molar-refractivity contribution >= 4 is 5.91 Å². The summed E-state index contributed by atoms with van der Waals surface area (Å²) in [7, 11) is 0. The number of rotatable bonds is 4. The number of carbonyl (C=O) groups is 1. The van der Waals surface area contributed by atoms with Crippen LogP contribution in [0.1, 0.15) is 27.8 Å². The number of alkyl halides is 3. The van der Waals surface area contributed by atoms with Crippen LogP contribution in [0.2, 0.25) is 0 Å². The van der Waals surface area contributed by atoms with Crippen LogP contribution < -0.4 is 0 Å². The number of benzene rings is 1. The summed E-state index contributed by atoms with van der Waals surface area (Å²) in [6.45, 7) is 3.56. The van der Waals surface area contributed by atoms with Crippen LogP contribution in [0.3, 0.4) is 0 Å². The number of hydrogen-bond donors (Lipinski definition) is 1. The van der Waals surface area contributed by atoms with E-state index in [2.05, 4.69) is 25.5 Å². The topological polar surface area (TPSA) is 95.8 Å². The van der Waals surface area contributed by atoms with Crippen LogP contribution in [0, 0.1) is 12.7 Å². The van der Waals surface area contributed by atoms with Gasteiger partial charge in [0, 0.05) is 26.2 Å². The maximum atomic E-state index is 13.8. The van der Waals surface area contributed by atoms with E-state index in [9.17, 15) is 22.4 Å². The van der Waals surface area contributed by atoms with Crippen LogP contribution in [-0.4, -0.2) is 72.1 Å². The second kappa shape index (κ2) is 8.06. The van der Waals surface area contributed by atoms with Gasteiger partial charge in [-0.15, -0.1) is 5.10 Å².